The van der Waals surface area contributed by atoms with Gasteiger partial charge in [-0.15, -0.1) is 0 Å². The summed E-state index contributed by atoms with van der Waals surface area (Å²) >= 11 is 12.1. The van der Waals surface area contributed by atoms with Crippen LogP contribution >= 0.6 is 23.2 Å². The van der Waals surface area contributed by atoms with E-state index in [4.69, 9.17) is 29.0 Å². The molecular weight excluding hydrogens is 259 g/mol. The van der Waals surface area contributed by atoms with E-state index in [0.29, 0.717) is 27.6 Å². The van der Waals surface area contributed by atoms with E-state index in [9.17, 15) is 0 Å². The molecule has 1 heterocycles. The maximum atomic E-state index is 6.12. The molecule has 0 aliphatic heterocycles. The summed E-state index contributed by atoms with van der Waals surface area (Å²) in [6.07, 6.45) is 1.11. The molecule has 0 aliphatic rings. The predicted octanol–water partition coefficient (Wildman–Crippen LogP) is 3.16. The van der Waals surface area contributed by atoms with Gasteiger partial charge in [-0.05, 0) is 12.0 Å². The fraction of sp³-hybridized carbons (Fsp3) is 0.545. The Kier molecular flexibility index (Phi) is 5.31. The van der Waals surface area contributed by atoms with E-state index in [0.717, 1.165) is 13.0 Å². The monoisotopic (exact) mass is 276 g/mol. The number of nitrogen functional groups attached to an aromatic ring is 1. The van der Waals surface area contributed by atoms with E-state index in [2.05, 4.69) is 24.3 Å². The van der Waals surface area contributed by atoms with Gasteiger partial charge in [-0.3, -0.25) is 0 Å². The zero-order valence-electron chi connectivity index (χ0n) is 10.3. The number of aromatic nitrogens is 1. The first-order valence-electron chi connectivity index (χ1n) is 5.53. The summed E-state index contributed by atoms with van der Waals surface area (Å²) in [5, 5.41) is 0.943. The van der Waals surface area contributed by atoms with E-state index < -0.39 is 0 Å². The molecule has 0 spiro atoms. The molecule has 0 fully saturated rings. The third-order valence-electron chi connectivity index (χ3n) is 2.69. The van der Waals surface area contributed by atoms with Gasteiger partial charge < -0.3 is 10.3 Å². The molecule has 6 heteroatoms. The fourth-order valence-corrected chi connectivity index (χ4v) is 2.07. The number of halogens is 2. The van der Waals surface area contributed by atoms with Gasteiger partial charge in [0.1, 0.15) is 5.82 Å². The third-order valence-corrected chi connectivity index (χ3v) is 3.26. The number of hydrogen-bond donors (Lipinski definition) is 2. The van der Waals surface area contributed by atoms with Gasteiger partial charge in [-0.1, -0.05) is 43.5 Å². The molecule has 4 nitrogen and oxygen atoms in total. The second-order valence-electron chi connectivity index (χ2n) is 4.16. The molecule has 96 valence electrons. The normalized spacial score (nSPS) is 12.4. The van der Waals surface area contributed by atoms with Crippen LogP contribution in [0.2, 0.25) is 10.0 Å². The first-order valence-corrected chi connectivity index (χ1v) is 6.29. The number of hydrazine groups is 1. The lowest BCUT2D eigenvalue weighted by Gasteiger charge is -2.23. The van der Waals surface area contributed by atoms with Crippen LogP contribution in [0.4, 0.5) is 11.6 Å². The minimum absolute atomic E-state index is 0.415. The smallest absolute Gasteiger partial charge is 0.161 e. The summed E-state index contributed by atoms with van der Waals surface area (Å²) in [6, 6.07) is 1.65. The molecule has 0 amide bonds. The van der Waals surface area contributed by atoms with Crippen LogP contribution in [0.3, 0.4) is 0 Å². The Labute approximate surface area is 112 Å². The Morgan fingerprint density at radius 3 is 2.65 bits per heavy atom. The van der Waals surface area contributed by atoms with Crippen molar-refractivity contribution in [2.24, 2.45) is 11.8 Å². The summed E-state index contributed by atoms with van der Waals surface area (Å²) < 4.78 is 0. The van der Waals surface area contributed by atoms with Crippen molar-refractivity contribution >= 4 is 34.8 Å². The molecule has 17 heavy (non-hydrogen) atoms. The standard InChI is InChI=1S/C11H18Cl2N4/c1-4-7(2)6-17(3)11-9(13)5-8(12)10(15-11)16-14/h5,7H,4,6,14H2,1-3H3,(H,15,16). The predicted molar refractivity (Wildman–Crippen MR) is 74.8 cm³/mol. The maximum Gasteiger partial charge on any atom is 0.161 e. The van der Waals surface area contributed by atoms with Gasteiger partial charge in [-0.2, -0.15) is 0 Å². The van der Waals surface area contributed by atoms with Crippen molar-refractivity contribution < 1.29 is 0 Å². The second kappa shape index (κ2) is 6.28. The first-order chi connectivity index (χ1) is 7.99. The van der Waals surface area contributed by atoms with Crippen LogP contribution in [0, 0.1) is 5.92 Å². The van der Waals surface area contributed by atoms with Crippen molar-refractivity contribution in [3.05, 3.63) is 16.1 Å². The minimum atomic E-state index is 0.415. The Hall–Kier alpha value is -0.710. The topological polar surface area (TPSA) is 54.2 Å². The van der Waals surface area contributed by atoms with Gasteiger partial charge in [0, 0.05) is 13.6 Å². The van der Waals surface area contributed by atoms with Gasteiger partial charge in [-0.25, -0.2) is 10.8 Å². The summed E-state index contributed by atoms with van der Waals surface area (Å²) in [5.41, 5.74) is 2.46. The van der Waals surface area contributed by atoms with Gasteiger partial charge in [0.25, 0.3) is 0 Å². The molecule has 3 N–H and O–H groups in total. The Morgan fingerprint density at radius 1 is 1.47 bits per heavy atom. The number of rotatable bonds is 5. The quantitative estimate of drug-likeness (QED) is 0.641. The van der Waals surface area contributed by atoms with Crippen molar-refractivity contribution in [2.45, 2.75) is 20.3 Å². The van der Waals surface area contributed by atoms with Gasteiger partial charge in [0.05, 0.1) is 10.0 Å². The van der Waals surface area contributed by atoms with E-state index in [1.54, 1.807) is 6.07 Å². The molecular formula is C11H18Cl2N4. The highest BCUT2D eigenvalue weighted by Gasteiger charge is 2.14. The summed E-state index contributed by atoms with van der Waals surface area (Å²) in [7, 11) is 1.95. The van der Waals surface area contributed by atoms with Gasteiger partial charge in [0.2, 0.25) is 0 Å². The van der Waals surface area contributed by atoms with Crippen LogP contribution in [0.1, 0.15) is 20.3 Å². The maximum absolute atomic E-state index is 6.12. The number of hydrogen-bond acceptors (Lipinski definition) is 4. The Bertz CT molecular complexity index is 384. The number of nitrogens with one attached hydrogen (secondary N) is 1. The molecule has 0 saturated heterocycles. The largest absolute Gasteiger partial charge is 0.358 e. The zero-order chi connectivity index (χ0) is 13.0. The molecule has 0 bridgehead atoms. The SMILES string of the molecule is CCC(C)CN(C)c1nc(NN)c(Cl)cc1Cl. The first kappa shape index (κ1) is 14.4. The highest BCUT2D eigenvalue weighted by atomic mass is 35.5. The number of nitrogens with two attached hydrogens (primary N) is 1. The Balaban J connectivity index is 2.96. The van der Waals surface area contributed by atoms with Crippen LogP contribution in [0.25, 0.3) is 0 Å². The third kappa shape index (κ3) is 3.63. The minimum Gasteiger partial charge on any atom is -0.358 e. The average molecular weight is 277 g/mol. The van der Waals surface area contributed by atoms with Crippen LogP contribution in [-0.2, 0) is 0 Å². The highest BCUT2D eigenvalue weighted by Crippen LogP contribution is 2.30. The van der Waals surface area contributed by atoms with Crippen molar-refractivity contribution in [3.63, 3.8) is 0 Å². The molecule has 1 aromatic heterocycles. The lowest BCUT2D eigenvalue weighted by molar-refractivity contribution is 0.558. The van der Waals surface area contributed by atoms with Crippen molar-refractivity contribution in [3.8, 4) is 0 Å². The molecule has 0 saturated carbocycles. The zero-order valence-corrected chi connectivity index (χ0v) is 11.8. The van der Waals surface area contributed by atoms with Crippen LogP contribution in [0.15, 0.2) is 6.07 Å². The molecule has 1 unspecified atom stereocenters. The lowest BCUT2D eigenvalue weighted by atomic mass is 10.1. The molecule has 1 aromatic rings. The van der Waals surface area contributed by atoms with Crippen molar-refractivity contribution in [2.75, 3.05) is 23.9 Å². The molecule has 0 radical (unpaired) electrons. The van der Waals surface area contributed by atoms with E-state index in [1.807, 2.05) is 11.9 Å². The Morgan fingerprint density at radius 2 is 2.12 bits per heavy atom. The van der Waals surface area contributed by atoms with Crippen molar-refractivity contribution in [1.82, 2.24) is 4.98 Å². The molecule has 0 aliphatic carbocycles. The van der Waals surface area contributed by atoms with E-state index >= 15 is 0 Å². The number of pyridine rings is 1. The summed E-state index contributed by atoms with van der Waals surface area (Å²) in [5.74, 6) is 7.03. The molecule has 0 aromatic carbocycles. The molecule has 1 rings (SSSR count). The van der Waals surface area contributed by atoms with Crippen LogP contribution in [-0.4, -0.2) is 18.6 Å². The van der Waals surface area contributed by atoms with Crippen LogP contribution < -0.4 is 16.2 Å². The summed E-state index contributed by atoms with van der Waals surface area (Å²) in [4.78, 5) is 6.31. The second-order valence-corrected chi connectivity index (χ2v) is 4.98. The average Bonchev–Trinajstić information content (AvgIpc) is 2.28. The van der Waals surface area contributed by atoms with Gasteiger partial charge in [0.15, 0.2) is 5.82 Å². The molecule has 1 atom stereocenters. The van der Waals surface area contributed by atoms with Crippen molar-refractivity contribution in [1.29, 1.82) is 0 Å². The van der Waals surface area contributed by atoms with E-state index in [1.165, 1.54) is 0 Å². The van der Waals surface area contributed by atoms with E-state index in [-0.39, 0.29) is 0 Å². The van der Waals surface area contributed by atoms with Crippen LogP contribution in [0.5, 0.6) is 0 Å². The van der Waals surface area contributed by atoms with Gasteiger partial charge >= 0.3 is 0 Å². The summed E-state index contributed by atoms with van der Waals surface area (Å²) in [6.45, 7) is 5.22. The lowest BCUT2D eigenvalue weighted by Crippen LogP contribution is -2.25. The number of anilines is 2. The fourth-order valence-electron chi connectivity index (χ4n) is 1.51. The number of nitrogens with zero attached hydrogens (tertiary/aromatic N) is 2. The highest BCUT2D eigenvalue weighted by molar-refractivity contribution is 6.37.